The molecule has 0 aliphatic carbocycles. The summed E-state index contributed by atoms with van der Waals surface area (Å²) in [4.78, 5) is 0. The van der Waals surface area contributed by atoms with Crippen LogP contribution >= 0.6 is 11.6 Å². The predicted molar refractivity (Wildman–Crippen MR) is 65.4 cm³/mol. The molecular weight excluding hydrogens is 222 g/mol. The Labute approximate surface area is 102 Å². The molecule has 1 heterocycles. The molecule has 0 fully saturated rings. The normalized spacial score (nSPS) is 14.5. The van der Waals surface area contributed by atoms with Crippen LogP contribution in [0.1, 0.15) is 38.6 Å². The van der Waals surface area contributed by atoms with Gasteiger partial charge < -0.3 is 0 Å². The lowest BCUT2D eigenvalue weighted by Crippen LogP contribution is -2.18. The number of hydrogen-bond acceptors (Lipinski definition) is 2. The molecule has 4 heteroatoms. The van der Waals surface area contributed by atoms with E-state index in [4.69, 9.17) is 11.6 Å². The van der Waals surface area contributed by atoms with Gasteiger partial charge in [0.15, 0.2) is 0 Å². The third-order valence-electron chi connectivity index (χ3n) is 3.06. The molecule has 1 rings (SSSR count). The molecule has 0 radical (unpaired) electrons. The fraction of sp³-hybridized carbons (Fsp3) is 0.667. The third-order valence-corrected chi connectivity index (χ3v) is 3.55. The zero-order chi connectivity index (χ0) is 12.3. The molecule has 0 saturated carbocycles. The predicted octanol–water partition coefficient (Wildman–Crippen LogP) is 3.35. The Morgan fingerprint density at radius 3 is 2.56 bits per heavy atom. The molecule has 16 heavy (non-hydrogen) atoms. The molecule has 1 aromatic rings. The van der Waals surface area contributed by atoms with Gasteiger partial charge in [0.25, 0.3) is 0 Å². The molecule has 1 atom stereocenters. The van der Waals surface area contributed by atoms with Gasteiger partial charge in [-0.2, -0.15) is 10.4 Å². The molecule has 0 spiro atoms. The zero-order valence-electron chi connectivity index (χ0n) is 10.3. The summed E-state index contributed by atoms with van der Waals surface area (Å²) in [5.74, 6) is 0. The van der Waals surface area contributed by atoms with Crippen LogP contribution in [0.15, 0.2) is 0 Å². The first-order valence-electron chi connectivity index (χ1n) is 5.60. The van der Waals surface area contributed by atoms with Gasteiger partial charge in [-0.25, -0.2) is 0 Å². The minimum Gasteiger partial charge on any atom is -0.268 e. The monoisotopic (exact) mass is 239 g/mol. The molecule has 88 valence electrons. The van der Waals surface area contributed by atoms with Crippen LogP contribution in [0.4, 0.5) is 0 Å². The summed E-state index contributed by atoms with van der Waals surface area (Å²) in [6.45, 7) is 8.70. The van der Waals surface area contributed by atoms with Crippen molar-refractivity contribution in [3.05, 3.63) is 16.4 Å². The van der Waals surface area contributed by atoms with E-state index in [9.17, 15) is 5.26 Å². The van der Waals surface area contributed by atoms with Crippen molar-refractivity contribution < 1.29 is 0 Å². The van der Waals surface area contributed by atoms with Gasteiger partial charge >= 0.3 is 0 Å². The first kappa shape index (κ1) is 13.1. The van der Waals surface area contributed by atoms with E-state index in [2.05, 4.69) is 11.2 Å². The average molecular weight is 240 g/mol. The van der Waals surface area contributed by atoms with Crippen LogP contribution in [0, 0.1) is 23.7 Å². The molecule has 1 unspecified atom stereocenters. The molecule has 0 saturated heterocycles. The maximum absolute atomic E-state index is 9.19. The zero-order valence-corrected chi connectivity index (χ0v) is 11.1. The quantitative estimate of drug-likeness (QED) is 0.809. The van der Waals surface area contributed by atoms with Crippen LogP contribution in [0.25, 0.3) is 0 Å². The van der Waals surface area contributed by atoms with E-state index in [1.807, 2.05) is 32.4 Å². The number of rotatable bonds is 4. The van der Waals surface area contributed by atoms with Crippen LogP contribution < -0.4 is 0 Å². The second-order valence-corrected chi connectivity index (χ2v) is 4.74. The van der Waals surface area contributed by atoms with Gasteiger partial charge in [-0.15, -0.1) is 0 Å². The number of hydrogen-bond donors (Lipinski definition) is 0. The summed E-state index contributed by atoms with van der Waals surface area (Å²) < 4.78 is 1.89. The first-order chi connectivity index (χ1) is 7.47. The van der Waals surface area contributed by atoms with E-state index >= 15 is 0 Å². The molecular formula is C12H18ClN3. The van der Waals surface area contributed by atoms with Gasteiger partial charge in [-0.05, 0) is 27.2 Å². The van der Waals surface area contributed by atoms with Crippen molar-refractivity contribution >= 4 is 11.6 Å². The fourth-order valence-corrected chi connectivity index (χ4v) is 1.85. The van der Waals surface area contributed by atoms with E-state index in [1.165, 1.54) is 0 Å². The van der Waals surface area contributed by atoms with Gasteiger partial charge in [0.2, 0.25) is 0 Å². The third kappa shape index (κ3) is 2.38. The highest BCUT2D eigenvalue weighted by Gasteiger charge is 2.26. The number of aromatic nitrogens is 2. The van der Waals surface area contributed by atoms with Gasteiger partial charge in [0, 0.05) is 13.0 Å². The van der Waals surface area contributed by atoms with Gasteiger partial charge in [-0.1, -0.05) is 18.5 Å². The van der Waals surface area contributed by atoms with Crippen molar-refractivity contribution in [2.45, 2.75) is 47.1 Å². The summed E-state index contributed by atoms with van der Waals surface area (Å²) in [5.41, 5.74) is 1.46. The largest absolute Gasteiger partial charge is 0.268 e. The van der Waals surface area contributed by atoms with Crippen molar-refractivity contribution in [1.29, 1.82) is 5.26 Å². The standard InChI is InChI=1S/C12H18ClN3/c1-5-12(4,8-14)7-10-11(13)9(3)15-16(10)6-2/h5-7H2,1-4H3. The van der Waals surface area contributed by atoms with E-state index in [0.717, 1.165) is 24.4 Å². The van der Waals surface area contributed by atoms with Gasteiger partial charge in [0.1, 0.15) is 0 Å². The Morgan fingerprint density at radius 2 is 2.12 bits per heavy atom. The Hall–Kier alpha value is -1.01. The summed E-state index contributed by atoms with van der Waals surface area (Å²) in [6, 6.07) is 2.36. The van der Waals surface area contributed by atoms with Crippen molar-refractivity contribution in [2.75, 3.05) is 0 Å². The van der Waals surface area contributed by atoms with E-state index in [0.29, 0.717) is 11.4 Å². The molecule has 0 N–H and O–H groups in total. The number of aryl methyl sites for hydroxylation is 2. The summed E-state index contributed by atoms with van der Waals surface area (Å²) >= 11 is 6.22. The molecule has 1 aromatic heterocycles. The average Bonchev–Trinajstić information content (AvgIpc) is 2.56. The van der Waals surface area contributed by atoms with Crippen LogP contribution in [0.5, 0.6) is 0 Å². The summed E-state index contributed by atoms with van der Waals surface area (Å²) in [7, 11) is 0. The second kappa shape index (κ2) is 4.88. The summed E-state index contributed by atoms with van der Waals surface area (Å²) in [6.07, 6.45) is 1.47. The minimum atomic E-state index is -0.358. The topological polar surface area (TPSA) is 41.6 Å². The van der Waals surface area contributed by atoms with Crippen molar-refractivity contribution in [1.82, 2.24) is 9.78 Å². The lowest BCUT2D eigenvalue weighted by Gasteiger charge is -2.19. The lowest BCUT2D eigenvalue weighted by atomic mass is 9.84. The van der Waals surface area contributed by atoms with Crippen LogP contribution in [0.3, 0.4) is 0 Å². The number of halogens is 1. The SMILES string of the molecule is CCn1nc(C)c(Cl)c1CC(C)(C#N)CC. The summed E-state index contributed by atoms with van der Waals surface area (Å²) in [5, 5.41) is 14.2. The van der Waals surface area contributed by atoms with Crippen LogP contribution in [0.2, 0.25) is 5.02 Å². The van der Waals surface area contributed by atoms with Crippen molar-refractivity contribution in [3.8, 4) is 6.07 Å². The van der Waals surface area contributed by atoms with Crippen molar-refractivity contribution in [3.63, 3.8) is 0 Å². The first-order valence-corrected chi connectivity index (χ1v) is 5.98. The molecule has 0 aliphatic rings. The van der Waals surface area contributed by atoms with Gasteiger partial charge in [0.05, 0.1) is 27.9 Å². The van der Waals surface area contributed by atoms with Gasteiger partial charge in [-0.3, -0.25) is 4.68 Å². The minimum absolute atomic E-state index is 0.358. The second-order valence-electron chi connectivity index (χ2n) is 4.36. The van der Waals surface area contributed by atoms with E-state index in [-0.39, 0.29) is 5.41 Å². The maximum atomic E-state index is 9.19. The van der Waals surface area contributed by atoms with E-state index in [1.54, 1.807) is 0 Å². The molecule has 3 nitrogen and oxygen atoms in total. The molecule has 0 bridgehead atoms. The smallest absolute Gasteiger partial charge is 0.0847 e. The molecule has 0 aliphatic heterocycles. The molecule has 0 amide bonds. The fourth-order valence-electron chi connectivity index (χ4n) is 1.65. The highest BCUT2D eigenvalue weighted by molar-refractivity contribution is 6.31. The Morgan fingerprint density at radius 1 is 1.50 bits per heavy atom. The highest BCUT2D eigenvalue weighted by Crippen LogP contribution is 2.30. The highest BCUT2D eigenvalue weighted by atomic mass is 35.5. The maximum Gasteiger partial charge on any atom is 0.0847 e. The lowest BCUT2D eigenvalue weighted by molar-refractivity contribution is 0.405. The van der Waals surface area contributed by atoms with Crippen LogP contribution in [-0.4, -0.2) is 9.78 Å². The number of nitriles is 1. The Bertz CT molecular complexity index is 417. The van der Waals surface area contributed by atoms with Crippen LogP contribution in [-0.2, 0) is 13.0 Å². The Kier molecular flexibility index (Phi) is 3.98. The Balaban J connectivity index is 3.10. The van der Waals surface area contributed by atoms with E-state index < -0.39 is 0 Å². The van der Waals surface area contributed by atoms with Crippen molar-refractivity contribution in [2.24, 2.45) is 5.41 Å². The number of nitrogens with zero attached hydrogens (tertiary/aromatic N) is 3. The molecule has 0 aromatic carbocycles.